The summed E-state index contributed by atoms with van der Waals surface area (Å²) < 4.78 is 67.7. The monoisotopic (exact) mass is 386 g/mol. The topological polar surface area (TPSA) is 84.5 Å². The molecule has 1 aromatic rings. The van der Waals surface area contributed by atoms with Crippen LogP contribution in [-0.4, -0.2) is 38.5 Å². The first-order valence-corrected chi connectivity index (χ1v) is 7.01. The van der Waals surface area contributed by atoms with Gasteiger partial charge in [0.2, 0.25) is 11.7 Å². The Hall–Kier alpha value is -2.72. The maximum absolute atomic E-state index is 12.9. The third-order valence-corrected chi connectivity index (χ3v) is 2.36. The van der Waals surface area contributed by atoms with Crippen molar-refractivity contribution in [3.8, 4) is 0 Å². The second kappa shape index (κ2) is 12.6. The molecule has 0 aliphatic carbocycles. The minimum absolute atomic E-state index is 0.00463. The summed E-state index contributed by atoms with van der Waals surface area (Å²) in [6, 6.07) is 0. The molecule has 0 atom stereocenters. The zero-order chi connectivity index (χ0) is 21.0. The Kier molecular flexibility index (Phi) is 12.4. The summed E-state index contributed by atoms with van der Waals surface area (Å²) in [5.41, 5.74) is -1.49. The highest BCUT2D eigenvalue weighted by atomic mass is 19.2. The van der Waals surface area contributed by atoms with Crippen molar-refractivity contribution in [2.75, 3.05) is 20.7 Å². The van der Waals surface area contributed by atoms with Gasteiger partial charge in [0.1, 0.15) is 5.56 Å². The van der Waals surface area contributed by atoms with Crippen molar-refractivity contribution in [1.82, 2.24) is 10.6 Å². The Labute approximate surface area is 146 Å². The molecule has 0 spiro atoms. The van der Waals surface area contributed by atoms with Gasteiger partial charge in [-0.15, -0.1) is 0 Å². The molecule has 0 unspecified atom stereocenters. The Balaban J connectivity index is 0. The highest BCUT2D eigenvalue weighted by Gasteiger charge is 2.28. The van der Waals surface area contributed by atoms with Crippen LogP contribution in [0.25, 0.3) is 0 Å². The number of benzene rings is 1. The lowest BCUT2D eigenvalue weighted by Crippen LogP contribution is -2.23. The first-order valence-electron chi connectivity index (χ1n) is 7.01. The van der Waals surface area contributed by atoms with Crippen LogP contribution in [0.4, 0.5) is 22.0 Å². The Morgan fingerprint density at radius 2 is 1.15 bits per heavy atom. The molecule has 0 saturated carbocycles. The largest absolute Gasteiger partial charge is 0.466 e. The Bertz CT molecular complexity index is 624. The summed E-state index contributed by atoms with van der Waals surface area (Å²) in [6.45, 7) is 5.13. The second-order valence-corrected chi connectivity index (χ2v) is 4.25. The van der Waals surface area contributed by atoms with E-state index in [1.165, 1.54) is 13.8 Å². The number of nitrogens with one attached hydrogen (secondary N) is 2. The summed E-state index contributed by atoms with van der Waals surface area (Å²) in [4.78, 5) is 30.3. The number of ether oxygens (including phenoxy) is 1. The third-order valence-electron chi connectivity index (χ3n) is 2.36. The summed E-state index contributed by atoms with van der Waals surface area (Å²) in [6.07, 6.45) is 0. The van der Waals surface area contributed by atoms with Gasteiger partial charge in [0.15, 0.2) is 23.3 Å². The van der Waals surface area contributed by atoms with Crippen molar-refractivity contribution in [2.24, 2.45) is 0 Å². The van der Waals surface area contributed by atoms with Crippen molar-refractivity contribution >= 4 is 17.8 Å². The molecule has 2 amide bonds. The quantitative estimate of drug-likeness (QED) is 0.353. The van der Waals surface area contributed by atoms with E-state index >= 15 is 0 Å². The third kappa shape index (κ3) is 8.40. The molecule has 1 aromatic carbocycles. The molecule has 26 heavy (non-hydrogen) atoms. The standard InChI is InChI=1S/C8H4F5NO.C4H8O2.C3H7NO/c1-14-8(15)2-3(9)5(11)7(13)6(12)4(2)10;1-3-6-4(2)5;1-3(5)4-2/h1H3,(H,14,15);3H2,1-2H3;1-2H3,(H,4,5). The van der Waals surface area contributed by atoms with E-state index in [1.54, 1.807) is 19.3 Å². The van der Waals surface area contributed by atoms with Crippen LogP contribution in [0.5, 0.6) is 0 Å². The molecule has 0 aliphatic rings. The number of hydrogen-bond donors (Lipinski definition) is 2. The van der Waals surface area contributed by atoms with Crippen molar-refractivity contribution in [3.63, 3.8) is 0 Å². The summed E-state index contributed by atoms with van der Waals surface area (Å²) in [5.74, 6) is -12.5. The van der Waals surface area contributed by atoms with E-state index in [1.807, 2.05) is 0 Å². The molecule has 0 bridgehead atoms. The number of amides is 2. The molecule has 0 heterocycles. The predicted octanol–water partition coefficient (Wildman–Crippen LogP) is 2.06. The molecule has 1 rings (SSSR count). The Morgan fingerprint density at radius 3 is 1.35 bits per heavy atom. The molecule has 0 radical (unpaired) electrons. The first kappa shape index (κ1) is 25.5. The van der Waals surface area contributed by atoms with E-state index in [4.69, 9.17) is 0 Å². The molecule has 6 nitrogen and oxygen atoms in total. The van der Waals surface area contributed by atoms with Gasteiger partial charge in [-0.05, 0) is 6.92 Å². The summed E-state index contributed by atoms with van der Waals surface area (Å²) in [5, 5.41) is 4.15. The van der Waals surface area contributed by atoms with E-state index in [9.17, 15) is 36.3 Å². The maximum atomic E-state index is 12.9. The number of carbonyl (C=O) groups is 3. The normalized spacial score (nSPS) is 9.00. The SMILES string of the molecule is CCOC(C)=O.CNC(=O)c1c(F)c(F)c(F)c(F)c1F.CNC(C)=O. The number of carbonyl (C=O) groups excluding carboxylic acids is 3. The minimum atomic E-state index is -2.29. The molecule has 0 aliphatic heterocycles. The molecular formula is C15H19F5N2O4. The van der Waals surface area contributed by atoms with E-state index in [2.05, 4.69) is 10.1 Å². The highest BCUT2D eigenvalue weighted by molar-refractivity contribution is 5.94. The van der Waals surface area contributed by atoms with E-state index in [-0.39, 0.29) is 11.9 Å². The smallest absolute Gasteiger partial charge is 0.302 e. The zero-order valence-electron chi connectivity index (χ0n) is 14.7. The molecule has 148 valence electrons. The number of halogens is 5. The van der Waals surface area contributed by atoms with Crippen LogP contribution in [0.2, 0.25) is 0 Å². The van der Waals surface area contributed by atoms with Crippen LogP contribution in [-0.2, 0) is 14.3 Å². The maximum Gasteiger partial charge on any atom is 0.302 e. The van der Waals surface area contributed by atoms with Crippen molar-refractivity contribution in [1.29, 1.82) is 0 Å². The lowest BCUT2D eigenvalue weighted by Gasteiger charge is -2.06. The fourth-order valence-electron chi connectivity index (χ4n) is 1.13. The van der Waals surface area contributed by atoms with Crippen LogP contribution in [0.1, 0.15) is 31.1 Å². The Morgan fingerprint density at radius 1 is 0.808 bits per heavy atom. The van der Waals surface area contributed by atoms with Gasteiger partial charge in [-0.3, -0.25) is 14.4 Å². The van der Waals surface area contributed by atoms with Gasteiger partial charge in [0, 0.05) is 27.9 Å². The molecule has 2 N–H and O–H groups in total. The molecule has 0 saturated heterocycles. The summed E-state index contributed by atoms with van der Waals surface area (Å²) in [7, 11) is 2.60. The van der Waals surface area contributed by atoms with Gasteiger partial charge in [-0.2, -0.15) is 0 Å². The van der Waals surface area contributed by atoms with Crippen LogP contribution in [0, 0.1) is 29.1 Å². The zero-order valence-corrected chi connectivity index (χ0v) is 14.7. The fraction of sp³-hybridized carbons (Fsp3) is 0.400. The van der Waals surface area contributed by atoms with Gasteiger partial charge < -0.3 is 15.4 Å². The van der Waals surface area contributed by atoms with Crippen LogP contribution >= 0.6 is 0 Å². The van der Waals surface area contributed by atoms with Crippen molar-refractivity contribution in [2.45, 2.75) is 20.8 Å². The lowest BCUT2D eigenvalue weighted by molar-refractivity contribution is -0.140. The highest BCUT2D eigenvalue weighted by Crippen LogP contribution is 2.22. The van der Waals surface area contributed by atoms with Crippen LogP contribution in [0.3, 0.4) is 0 Å². The van der Waals surface area contributed by atoms with Gasteiger partial charge >= 0.3 is 5.97 Å². The molecule has 0 aromatic heterocycles. The predicted molar refractivity (Wildman–Crippen MR) is 81.7 cm³/mol. The van der Waals surface area contributed by atoms with Crippen LogP contribution in [0.15, 0.2) is 0 Å². The van der Waals surface area contributed by atoms with Crippen molar-refractivity contribution < 1.29 is 41.1 Å². The van der Waals surface area contributed by atoms with E-state index in [0.29, 0.717) is 6.61 Å². The molecule has 0 fully saturated rings. The number of rotatable bonds is 2. The van der Waals surface area contributed by atoms with E-state index in [0.717, 1.165) is 7.05 Å². The average molecular weight is 386 g/mol. The lowest BCUT2D eigenvalue weighted by atomic mass is 10.1. The van der Waals surface area contributed by atoms with Crippen molar-refractivity contribution in [3.05, 3.63) is 34.6 Å². The molecule has 11 heteroatoms. The number of esters is 1. The average Bonchev–Trinajstić information content (AvgIpc) is 2.59. The second-order valence-electron chi connectivity index (χ2n) is 4.25. The minimum Gasteiger partial charge on any atom is -0.466 e. The molecular weight excluding hydrogens is 367 g/mol. The van der Waals surface area contributed by atoms with Gasteiger partial charge in [-0.1, -0.05) is 0 Å². The summed E-state index contributed by atoms with van der Waals surface area (Å²) >= 11 is 0. The van der Waals surface area contributed by atoms with Crippen LogP contribution < -0.4 is 10.6 Å². The first-order chi connectivity index (χ1) is 12.0. The fourth-order valence-corrected chi connectivity index (χ4v) is 1.13. The van der Waals surface area contributed by atoms with E-state index < -0.39 is 40.6 Å². The van der Waals surface area contributed by atoms with Gasteiger partial charge in [0.25, 0.3) is 5.91 Å². The van der Waals surface area contributed by atoms with Gasteiger partial charge in [0.05, 0.1) is 6.61 Å². The number of hydrogen-bond acceptors (Lipinski definition) is 4. The van der Waals surface area contributed by atoms with Gasteiger partial charge in [-0.25, -0.2) is 22.0 Å².